The highest BCUT2D eigenvalue weighted by Gasteiger charge is 1.99. The van der Waals surface area contributed by atoms with E-state index in [4.69, 9.17) is 0 Å². The molecule has 0 saturated heterocycles. The summed E-state index contributed by atoms with van der Waals surface area (Å²) in [5.74, 6) is 0. The molecular formula is C84H60N36. The molecule has 0 N–H and O–H groups in total. The zero-order chi connectivity index (χ0) is 81.7. The summed E-state index contributed by atoms with van der Waals surface area (Å²) < 4.78 is 0. The molecule has 24 heterocycles. The Balaban J connectivity index is 0.000000113. The van der Waals surface area contributed by atoms with Crippen molar-refractivity contribution in [3.63, 3.8) is 0 Å². The molecule has 0 aliphatic heterocycles. The summed E-state index contributed by atoms with van der Waals surface area (Å²) in [6.07, 6.45) is 72.0. The molecular weight excluding hydrogens is 1510 g/mol. The van der Waals surface area contributed by atoms with Crippen LogP contribution in [0.2, 0.25) is 0 Å². The van der Waals surface area contributed by atoms with Gasteiger partial charge in [0.1, 0.15) is 78.2 Å². The third-order valence-electron chi connectivity index (χ3n) is 15.4. The lowest BCUT2D eigenvalue weighted by Gasteiger charge is -1.91. The van der Waals surface area contributed by atoms with Crippen LogP contribution in [-0.4, -0.2) is 179 Å². The van der Waals surface area contributed by atoms with Gasteiger partial charge in [-0.15, -0.1) is 0 Å². The van der Waals surface area contributed by atoms with E-state index >= 15 is 0 Å². The standard InChI is InChI=1S/3C8H6N2.6C7H5N3.3C6H4N4/c1-3-9-6-8-2-4-10-5-7(1)8;1-3-9-5-8-6-10-4-2-7(1)8;1-3-7-8(9-5-1)4-2-6-10-7;1-2-8-3-6-4-9-5-10-7(1)6;1-2-8-4-7-6(1)3-9-5-10-7;1-2-8-5-7-6(1)9-3-4-10-7;1-2-6-7(9-3-1)4-8-5-10-6;1-2-6-4-8-5-10-7(6)9-3-1;1-2-6-7(9-3-1)10-5-4-8-6;1-5-6(10-3-7-1)2-8-4-9-5;1-5-2-8-4-10-6(5)9-3-7-1;1-2-8-6-5(7-1)9-3-4-10-6/h3*1-6H;6*1-5H;3*1-4H. The van der Waals surface area contributed by atoms with Crippen LogP contribution in [0.1, 0.15) is 0 Å². The van der Waals surface area contributed by atoms with E-state index in [-0.39, 0.29) is 0 Å². The molecule has 0 atom stereocenters. The predicted molar refractivity (Wildman–Crippen MR) is 448 cm³/mol. The van der Waals surface area contributed by atoms with Crippen LogP contribution in [0.25, 0.3) is 132 Å². The van der Waals surface area contributed by atoms with E-state index in [1.165, 1.54) is 56.0 Å². The molecule has 0 amide bonds. The number of fused-ring (bicyclic) bond motifs is 12. The summed E-state index contributed by atoms with van der Waals surface area (Å²) in [4.78, 5) is 142. The number of aromatic nitrogens is 36. The summed E-state index contributed by atoms with van der Waals surface area (Å²) in [5, 5.41) is 8.39. The highest BCUT2D eigenvalue weighted by molar-refractivity contribution is 5.82. The molecule has 0 bridgehead atoms. The molecule has 36 heteroatoms. The molecule has 36 nitrogen and oxygen atoms in total. The lowest BCUT2D eigenvalue weighted by molar-refractivity contribution is 1.13. The first kappa shape index (κ1) is 79.9. The van der Waals surface area contributed by atoms with E-state index in [2.05, 4.69) is 179 Å². The highest BCUT2D eigenvalue weighted by atomic mass is 15.0. The Morgan fingerprint density at radius 2 is 0.375 bits per heavy atom. The summed E-state index contributed by atoms with van der Waals surface area (Å²) in [6, 6.07) is 32.4. The summed E-state index contributed by atoms with van der Waals surface area (Å²) >= 11 is 0. The topological polar surface area (TPSA) is 464 Å². The fraction of sp³-hybridized carbons (Fsp3) is 0. The number of pyridine rings is 12. The molecule has 0 aromatic carbocycles. The van der Waals surface area contributed by atoms with E-state index in [1.807, 2.05) is 128 Å². The summed E-state index contributed by atoms with van der Waals surface area (Å²) in [7, 11) is 0. The second-order valence-corrected chi connectivity index (χ2v) is 23.2. The van der Waals surface area contributed by atoms with Gasteiger partial charge >= 0.3 is 0 Å². The Bertz CT molecular complexity index is 4890. The molecule has 0 aliphatic carbocycles. The van der Waals surface area contributed by atoms with Gasteiger partial charge in [-0.1, -0.05) is 0 Å². The zero-order valence-electron chi connectivity index (χ0n) is 62.7. The van der Waals surface area contributed by atoms with Crippen molar-refractivity contribution in [1.29, 1.82) is 0 Å². The third kappa shape index (κ3) is 24.9. The lowest BCUT2D eigenvalue weighted by atomic mass is 10.2. The largest absolute Gasteiger partial charge is 0.264 e. The Hall–Kier alpha value is -18.1. The van der Waals surface area contributed by atoms with Crippen molar-refractivity contribution in [2.75, 3.05) is 0 Å². The first-order valence-corrected chi connectivity index (χ1v) is 35.7. The van der Waals surface area contributed by atoms with E-state index in [9.17, 15) is 0 Å². The Morgan fingerprint density at radius 3 is 0.858 bits per heavy atom. The first-order valence-electron chi connectivity index (χ1n) is 35.7. The first-order chi connectivity index (χ1) is 59.6. The quantitative estimate of drug-likeness (QED) is 0.136. The van der Waals surface area contributed by atoms with E-state index < -0.39 is 0 Å². The van der Waals surface area contributed by atoms with Gasteiger partial charge in [0.05, 0.1) is 69.5 Å². The van der Waals surface area contributed by atoms with Crippen molar-refractivity contribution in [2.45, 2.75) is 0 Å². The van der Waals surface area contributed by atoms with Gasteiger partial charge in [0.15, 0.2) is 28.2 Å². The third-order valence-corrected chi connectivity index (χ3v) is 15.4. The number of hydrogen-bond acceptors (Lipinski definition) is 36. The van der Waals surface area contributed by atoms with Crippen LogP contribution in [0.5, 0.6) is 0 Å². The van der Waals surface area contributed by atoms with Crippen LogP contribution >= 0.6 is 0 Å². The minimum atomic E-state index is 0.588. The monoisotopic (exact) mass is 1570 g/mol. The molecule has 0 saturated carbocycles. The maximum Gasteiger partial charge on any atom is 0.197 e. The molecule has 24 rings (SSSR count). The van der Waals surface area contributed by atoms with Gasteiger partial charge in [-0.25, -0.2) is 115 Å². The Kier molecular flexibility index (Phi) is 29.8. The molecule has 0 spiro atoms. The number of nitrogens with zero attached hydrogens (tertiary/aromatic N) is 36. The van der Waals surface area contributed by atoms with Gasteiger partial charge in [-0.2, -0.15) is 0 Å². The maximum atomic E-state index is 4.12. The molecule has 120 heavy (non-hydrogen) atoms. The lowest BCUT2D eigenvalue weighted by Crippen LogP contribution is -1.87. The average Bonchev–Trinajstić information content (AvgIpc) is 0.982. The second kappa shape index (κ2) is 44.8. The van der Waals surface area contributed by atoms with Gasteiger partial charge in [0, 0.05) is 218 Å². The van der Waals surface area contributed by atoms with Crippen LogP contribution in [0.4, 0.5) is 0 Å². The van der Waals surface area contributed by atoms with Crippen LogP contribution < -0.4 is 0 Å². The molecule has 0 unspecified atom stereocenters. The van der Waals surface area contributed by atoms with Crippen molar-refractivity contribution in [2.24, 2.45) is 0 Å². The zero-order valence-corrected chi connectivity index (χ0v) is 62.7. The van der Waals surface area contributed by atoms with E-state index in [0.717, 1.165) is 104 Å². The Labute approximate surface area is 678 Å². The van der Waals surface area contributed by atoms with Gasteiger partial charge in [0.2, 0.25) is 0 Å². The van der Waals surface area contributed by atoms with Crippen LogP contribution in [-0.2, 0) is 0 Å². The van der Waals surface area contributed by atoms with Crippen molar-refractivity contribution >= 4 is 132 Å². The average molecular weight is 1570 g/mol. The minimum Gasteiger partial charge on any atom is -0.264 e. The molecule has 0 fully saturated rings. The van der Waals surface area contributed by atoms with Gasteiger partial charge in [-0.3, -0.25) is 64.8 Å². The van der Waals surface area contributed by atoms with Crippen molar-refractivity contribution in [1.82, 2.24) is 179 Å². The van der Waals surface area contributed by atoms with Crippen molar-refractivity contribution in [3.05, 3.63) is 371 Å². The molecule has 24 aromatic rings. The highest BCUT2D eigenvalue weighted by Crippen LogP contribution is 2.13. The molecule has 24 aromatic heterocycles. The molecule has 576 valence electrons. The van der Waals surface area contributed by atoms with Crippen molar-refractivity contribution < 1.29 is 0 Å². The SMILES string of the molecule is c1cc2ccncc2cn1.c1cc2cnccc2cn1.c1cc2cncnc2cn1.c1cc2nccnc2cn1.c1cc2ncncc2cn1.c1cnc2cccnc2c1.c1cnc2cncnc2c1.c1cnc2nccnc2c1.c1cnc2nccnc2n1.c1cnc2ncncc2c1.c1ncc2cncnc2n1.c1ncc2ncncc2n1. The smallest absolute Gasteiger partial charge is 0.197 e. The normalized spacial score (nSPS) is 10.0. The van der Waals surface area contributed by atoms with Gasteiger partial charge < -0.3 is 0 Å². The minimum absolute atomic E-state index is 0.588. The second-order valence-electron chi connectivity index (χ2n) is 23.2. The number of hydrogen-bond donors (Lipinski definition) is 0. The Morgan fingerprint density at radius 1 is 0.108 bits per heavy atom. The van der Waals surface area contributed by atoms with Gasteiger partial charge in [-0.05, 0) is 109 Å². The number of rotatable bonds is 0. The molecule has 0 aliphatic rings. The fourth-order valence-corrected chi connectivity index (χ4v) is 9.83. The summed E-state index contributed by atoms with van der Waals surface area (Å²) in [5.41, 5.74) is 12.9. The van der Waals surface area contributed by atoms with Crippen molar-refractivity contribution in [3.8, 4) is 0 Å². The predicted octanol–water partition coefficient (Wildman–Crippen LogP) is 12.3. The van der Waals surface area contributed by atoms with E-state index in [1.54, 1.807) is 192 Å². The van der Waals surface area contributed by atoms with Crippen LogP contribution in [0.15, 0.2) is 371 Å². The maximum absolute atomic E-state index is 4.12. The summed E-state index contributed by atoms with van der Waals surface area (Å²) in [6.45, 7) is 0. The van der Waals surface area contributed by atoms with Gasteiger partial charge in [0.25, 0.3) is 0 Å². The van der Waals surface area contributed by atoms with Crippen LogP contribution in [0.3, 0.4) is 0 Å². The van der Waals surface area contributed by atoms with Crippen LogP contribution in [0, 0.1) is 0 Å². The fourth-order valence-electron chi connectivity index (χ4n) is 9.83. The van der Waals surface area contributed by atoms with E-state index in [0.29, 0.717) is 22.6 Å². The molecule has 0 radical (unpaired) electrons.